The molecule has 3 rings (SSSR count). The standard InChI is InChI=1S/C18H25N5O3/c1-4-12-15(18(25)26-3)11(2)16(20-12)17(24)19-10-14-22-21-13-8-6-5-7-9-23(13)14/h20H,4-10H2,1-3H3,(H,19,24). The maximum absolute atomic E-state index is 12.6. The number of nitrogens with zero attached hydrogens (tertiary/aromatic N) is 3. The highest BCUT2D eigenvalue weighted by Gasteiger charge is 2.24. The van der Waals surface area contributed by atoms with Crippen LogP contribution in [0.2, 0.25) is 0 Å². The first-order valence-corrected chi connectivity index (χ1v) is 9.05. The molecule has 8 nitrogen and oxygen atoms in total. The average molecular weight is 359 g/mol. The molecule has 140 valence electrons. The van der Waals surface area contributed by atoms with Crippen molar-refractivity contribution < 1.29 is 14.3 Å². The van der Waals surface area contributed by atoms with Gasteiger partial charge in [-0.2, -0.15) is 0 Å². The number of aromatic amines is 1. The number of esters is 1. The van der Waals surface area contributed by atoms with Gasteiger partial charge in [-0.05, 0) is 31.7 Å². The third kappa shape index (κ3) is 3.36. The first kappa shape index (κ1) is 18.2. The molecule has 0 saturated heterocycles. The van der Waals surface area contributed by atoms with Crippen LogP contribution in [-0.2, 0) is 30.7 Å². The molecule has 1 aliphatic heterocycles. The van der Waals surface area contributed by atoms with Crippen molar-refractivity contribution in [3.05, 3.63) is 34.2 Å². The van der Waals surface area contributed by atoms with E-state index in [-0.39, 0.29) is 5.91 Å². The summed E-state index contributed by atoms with van der Waals surface area (Å²) in [7, 11) is 1.34. The highest BCUT2D eigenvalue weighted by molar-refractivity contribution is 6.00. The molecule has 0 radical (unpaired) electrons. The minimum Gasteiger partial charge on any atom is -0.465 e. The summed E-state index contributed by atoms with van der Waals surface area (Å²) in [5.74, 6) is 1.06. The van der Waals surface area contributed by atoms with Crippen LogP contribution >= 0.6 is 0 Å². The summed E-state index contributed by atoms with van der Waals surface area (Å²) in [5.41, 5.74) is 2.14. The van der Waals surface area contributed by atoms with Gasteiger partial charge in [0.1, 0.15) is 11.5 Å². The van der Waals surface area contributed by atoms with E-state index in [1.54, 1.807) is 6.92 Å². The maximum Gasteiger partial charge on any atom is 0.339 e. The molecule has 0 bridgehead atoms. The van der Waals surface area contributed by atoms with Crippen molar-refractivity contribution in [3.63, 3.8) is 0 Å². The molecule has 0 spiro atoms. The van der Waals surface area contributed by atoms with E-state index in [0.717, 1.165) is 37.5 Å². The lowest BCUT2D eigenvalue weighted by molar-refractivity contribution is 0.0599. The number of hydrogen-bond acceptors (Lipinski definition) is 5. The van der Waals surface area contributed by atoms with Crippen LogP contribution in [0.15, 0.2) is 0 Å². The molecule has 0 saturated carbocycles. The predicted octanol–water partition coefficient (Wildman–Crippen LogP) is 1.92. The molecule has 26 heavy (non-hydrogen) atoms. The van der Waals surface area contributed by atoms with Crippen molar-refractivity contribution in [3.8, 4) is 0 Å². The summed E-state index contributed by atoms with van der Waals surface area (Å²) in [5, 5.41) is 11.4. The number of H-pyrrole nitrogens is 1. The fourth-order valence-electron chi connectivity index (χ4n) is 3.45. The summed E-state index contributed by atoms with van der Waals surface area (Å²) < 4.78 is 6.94. The number of ether oxygens (including phenoxy) is 1. The van der Waals surface area contributed by atoms with Gasteiger partial charge < -0.3 is 19.6 Å². The summed E-state index contributed by atoms with van der Waals surface area (Å²) in [6, 6.07) is 0. The molecular weight excluding hydrogens is 334 g/mol. The van der Waals surface area contributed by atoms with Crippen LogP contribution in [0.5, 0.6) is 0 Å². The minimum atomic E-state index is -0.433. The predicted molar refractivity (Wildman–Crippen MR) is 95.0 cm³/mol. The highest BCUT2D eigenvalue weighted by Crippen LogP contribution is 2.20. The Kier molecular flexibility index (Phi) is 5.39. The van der Waals surface area contributed by atoms with Gasteiger partial charge in [0.2, 0.25) is 0 Å². The molecule has 0 unspecified atom stereocenters. The van der Waals surface area contributed by atoms with Crippen LogP contribution in [-0.4, -0.2) is 38.7 Å². The van der Waals surface area contributed by atoms with E-state index in [2.05, 4.69) is 25.1 Å². The SMILES string of the molecule is CCc1[nH]c(C(=O)NCc2nnc3n2CCCCC3)c(C)c1C(=O)OC. The van der Waals surface area contributed by atoms with Crippen molar-refractivity contribution in [2.45, 2.75) is 59.0 Å². The molecule has 2 N–H and O–H groups in total. The molecular formula is C18H25N5O3. The average Bonchev–Trinajstić information content (AvgIpc) is 3.10. The zero-order chi connectivity index (χ0) is 18.7. The van der Waals surface area contributed by atoms with Gasteiger partial charge in [0.15, 0.2) is 5.82 Å². The molecule has 1 aliphatic rings. The molecule has 2 aromatic rings. The number of fused-ring (bicyclic) bond motifs is 1. The summed E-state index contributed by atoms with van der Waals surface area (Å²) in [6.07, 6.45) is 4.95. The van der Waals surface area contributed by atoms with Crippen molar-refractivity contribution in [2.24, 2.45) is 0 Å². The van der Waals surface area contributed by atoms with Gasteiger partial charge in [0.25, 0.3) is 5.91 Å². The van der Waals surface area contributed by atoms with Crippen molar-refractivity contribution in [2.75, 3.05) is 7.11 Å². The first-order chi connectivity index (χ1) is 12.6. The monoisotopic (exact) mass is 359 g/mol. The summed E-state index contributed by atoms with van der Waals surface area (Å²) in [6.45, 7) is 4.87. The van der Waals surface area contributed by atoms with Gasteiger partial charge in [-0.3, -0.25) is 4.79 Å². The minimum absolute atomic E-state index is 0.265. The topological polar surface area (TPSA) is 102 Å². The second kappa shape index (κ2) is 7.72. The van der Waals surface area contributed by atoms with Gasteiger partial charge in [-0.1, -0.05) is 13.3 Å². The third-order valence-electron chi connectivity index (χ3n) is 4.89. The van der Waals surface area contributed by atoms with E-state index in [0.29, 0.717) is 35.5 Å². The molecule has 0 atom stereocenters. The Morgan fingerprint density at radius 1 is 1.27 bits per heavy atom. The molecule has 2 aromatic heterocycles. The van der Waals surface area contributed by atoms with Crippen molar-refractivity contribution in [1.82, 2.24) is 25.1 Å². The smallest absolute Gasteiger partial charge is 0.339 e. The summed E-state index contributed by atoms with van der Waals surface area (Å²) in [4.78, 5) is 27.7. The zero-order valence-corrected chi connectivity index (χ0v) is 15.5. The fraction of sp³-hybridized carbons (Fsp3) is 0.556. The number of amides is 1. The van der Waals surface area contributed by atoms with E-state index in [1.165, 1.54) is 13.5 Å². The van der Waals surface area contributed by atoms with E-state index >= 15 is 0 Å². The molecule has 3 heterocycles. The normalized spacial score (nSPS) is 13.8. The third-order valence-corrected chi connectivity index (χ3v) is 4.89. The molecule has 1 amide bonds. The number of methoxy groups -OCH3 is 1. The van der Waals surface area contributed by atoms with E-state index in [9.17, 15) is 9.59 Å². The van der Waals surface area contributed by atoms with Gasteiger partial charge in [0, 0.05) is 18.7 Å². The van der Waals surface area contributed by atoms with Gasteiger partial charge in [-0.15, -0.1) is 10.2 Å². The second-order valence-electron chi connectivity index (χ2n) is 6.50. The number of rotatable bonds is 5. The number of hydrogen-bond donors (Lipinski definition) is 2. The summed E-state index contributed by atoms with van der Waals surface area (Å²) >= 11 is 0. The van der Waals surface area contributed by atoms with Crippen LogP contribution in [0.25, 0.3) is 0 Å². The Morgan fingerprint density at radius 2 is 2.08 bits per heavy atom. The Labute approximate surface area is 152 Å². The Bertz CT molecular complexity index is 821. The number of aryl methyl sites for hydroxylation is 2. The van der Waals surface area contributed by atoms with Crippen molar-refractivity contribution >= 4 is 11.9 Å². The van der Waals surface area contributed by atoms with Crippen LogP contribution < -0.4 is 5.32 Å². The highest BCUT2D eigenvalue weighted by atomic mass is 16.5. The molecule has 8 heteroatoms. The van der Waals surface area contributed by atoms with Gasteiger partial charge >= 0.3 is 5.97 Å². The Balaban J connectivity index is 1.76. The Hall–Kier alpha value is -2.64. The van der Waals surface area contributed by atoms with E-state index in [1.807, 2.05) is 6.92 Å². The first-order valence-electron chi connectivity index (χ1n) is 9.05. The maximum atomic E-state index is 12.6. The number of carbonyl (C=O) groups is 2. The van der Waals surface area contributed by atoms with Crippen LogP contribution in [0, 0.1) is 6.92 Å². The number of nitrogens with one attached hydrogen (secondary N) is 2. The lowest BCUT2D eigenvalue weighted by atomic mass is 10.1. The quantitative estimate of drug-likeness (QED) is 0.794. The van der Waals surface area contributed by atoms with Crippen LogP contribution in [0.1, 0.15) is 69.9 Å². The molecule has 0 aliphatic carbocycles. The van der Waals surface area contributed by atoms with Gasteiger partial charge in [-0.25, -0.2) is 4.79 Å². The largest absolute Gasteiger partial charge is 0.465 e. The van der Waals surface area contributed by atoms with Crippen molar-refractivity contribution in [1.29, 1.82) is 0 Å². The second-order valence-corrected chi connectivity index (χ2v) is 6.50. The Morgan fingerprint density at radius 3 is 2.81 bits per heavy atom. The van der Waals surface area contributed by atoms with E-state index in [4.69, 9.17) is 4.74 Å². The number of carbonyl (C=O) groups excluding carboxylic acids is 2. The lowest BCUT2D eigenvalue weighted by Crippen LogP contribution is -2.26. The zero-order valence-electron chi connectivity index (χ0n) is 15.5. The molecule has 0 aromatic carbocycles. The number of aromatic nitrogens is 4. The van der Waals surface area contributed by atoms with Crippen LogP contribution in [0.3, 0.4) is 0 Å². The molecule has 0 fully saturated rings. The van der Waals surface area contributed by atoms with Crippen LogP contribution in [0.4, 0.5) is 0 Å². The van der Waals surface area contributed by atoms with Gasteiger partial charge in [0.05, 0.1) is 19.2 Å². The lowest BCUT2D eigenvalue weighted by Gasteiger charge is -2.08. The van der Waals surface area contributed by atoms with E-state index < -0.39 is 5.97 Å². The fourth-order valence-corrected chi connectivity index (χ4v) is 3.45.